The monoisotopic (exact) mass is 296 g/mol. The van der Waals surface area contributed by atoms with Gasteiger partial charge in [-0.25, -0.2) is 4.39 Å². The van der Waals surface area contributed by atoms with Gasteiger partial charge in [0.2, 0.25) is 0 Å². The van der Waals surface area contributed by atoms with Crippen molar-refractivity contribution in [1.82, 2.24) is 10.2 Å². The van der Waals surface area contributed by atoms with Crippen molar-refractivity contribution in [2.45, 2.75) is 50.7 Å². The molecule has 1 aromatic carbocycles. The van der Waals surface area contributed by atoms with Crippen LogP contribution in [0, 0.1) is 5.82 Å². The van der Waals surface area contributed by atoms with Crippen LogP contribution in [0.4, 0.5) is 4.39 Å². The van der Waals surface area contributed by atoms with Crippen LogP contribution in [0.1, 0.15) is 44.2 Å². The molecule has 2 aliphatic heterocycles. The lowest BCUT2D eigenvalue weighted by Crippen LogP contribution is -2.44. The lowest BCUT2D eigenvalue weighted by atomic mass is 10.0. The average Bonchev–Trinajstić information content (AvgIpc) is 3.09. The molecule has 3 rings (SSSR count). The van der Waals surface area contributed by atoms with Crippen molar-refractivity contribution in [2.75, 3.05) is 13.1 Å². The second kappa shape index (κ2) is 6.00. The van der Waals surface area contributed by atoms with Crippen molar-refractivity contribution in [1.29, 1.82) is 0 Å². The van der Waals surface area contributed by atoms with Crippen LogP contribution in [-0.2, 0) is 0 Å². The van der Waals surface area contributed by atoms with Crippen LogP contribution in [0.5, 0.6) is 0 Å². The maximum absolute atomic E-state index is 13.2. The highest BCUT2D eigenvalue weighted by atomic mass is 35.5. The highest BCUT2D eigenvalue weighted by molar-refractivity contribution is 6.31. The minimum atomic E-state index is -0.263. The standard InChI is InChI=1S/C16H22ClFN2/c1-11(13-7-6-12(18)10-14(13)17)20-9-3-5-16(20)15-4-2-8-19-15/h6-7,10-11,15-16,19H,2-5,8-9H2,1H3. The Morgan fingerprint density at radius 3 is 2.90 bits per heavy atom. The topological polar surface area (TPSA) is 15.3 Å². The van der Waals surface area contributed by atoms with Crippen LogP contribution in [-0.4, -0.2) is 30.1 Å². The zero-order valence-corrected chi connectivity index (χ0v) is 12.7. The first-order chi connectivity index (χ1) is 9.66. The molecule has 2 saturated heterocycles. The van der Waals surface area contributed by atoms with E-state index >= 15 is 0 Å². The summed E-state index contributed by atoms with van der Waals surface area (Å²) in [5, 5.41) is 4.17. The highest BCUT2D eigenvalue weighted by Gasteiger charge is 2.36. The molecule has 3 atom stereocenters. The first-order valence-electron chi connectivity index (χ1n) is 7.61. The second-order valence-electron chi connectivity index (χ2n) is 5.99. The van der Waals surface area contributed by atoms with Crippen LogP contribution in [0.3, 0.4) is 0 Å². The molecule has 0 spiro atoms. The highest BCUT2D eigenvalue weighted by Crippen LogP contribution is 2.35. The van der Waals surface area contributed by atoms with Crippen molar-refractivity contribution in [3.63, 3.8) is 0 Å². The molecule has 20 heavy (non-hydrogen) atoms. The lowest BCUT2D eigenvalue weighted by Gasteiger charge is -2.35. The van der Waals surface area contributed by atoms with E-state index in [1.807, 2.05) is 6.07 Å². The van der Waals surface area contributed by atoms with Gasteiger partial charge in [-0.2, -0.15) is 0 Å². The molecule has 0 amide bonds. The number of hydrogen-bond acceptors (Lipinski definition) is 2. The summed E-state index contributed by atoms with van der Waals surface area (Å²) in [7, 11) is 0. The van der Waals surface area contributed by atoms with Crippen LogP contribution < -0.4 is 5.32 Å². The molecule has 110 valence electrons. The van der Waals surface area contributed by atoms with E-state index < -0.39 is 0 Å². The molecule has 1 aromatic rings. The molecule has 0 aliphatic carbocycles. The largest absolute Gasteiger partial charge is 0.312 e. The summed E-state index contributed by atoms with van der Waals surface area (Å²) in [6.45, 7) is 4.44. The van der Waals surface area contributed by atoms with Crippen molar-refractivity contribution >= 4 is 11.6 Å². The number of nitrogens with zero attached hydrogens (tertiary/aromatic N) is 1. The van der Waals surface area contributed by atoms with Gasteiger partial charge in [-0.05, 0) is 63.4 Å². The van der Waals surface area contributed by atoms with Crippen molar-refractivity contribution in [3.8, 4) is 0 Å². The van der Waals surface area contributed by atoms with Gasteiger partial charge in [0, 0.05) is 23.1 Å². The van der Waals surface area contributed by atoms with Crippen LogP contribution in [0.25, 0.3) is 0 Å². The number of halogens is 2. The molecule has 1 N–H and O–H groups in total. The summed E-state index contributed by atoms with van der Waals surface area (Å²) in [6, 6.07) is 6.22. The molecule has 2 heterocycles. The molecule has 0 aromatic heterocycles. The first-order valence-corrected chi connectivity index (χ1v) is 7.98. The Hall–Kier alpha value is -0.640. The van der Waals surface area contributed by atoms with Gasteiger partial charge in [0.05, 0.1) is 0 Å². The van der Waals surface area contributed by atoms with Crippen LogP contribution >= 0.6 is 11.6 Å². The molecular weight excluding hydrogens is 275 g/mol. The van der Waals surface area contributed by atoms with Crippen molar-refractivity contribution in [2.24, 2.45) is 0 Å². The lowest BCUT2D eigenvalue weighted by molar-refractivity contribution is 0.163. The fraction of sp³-hybridized carbons (Fsp3) is 0.625. The second-order valence-corrected chi connectivity index (χ2v) is 6.40. The van der Waals surface area contributed by atoms with Gasteiger partial charge in [-0.1, -0.05) is 17.7 Å². The number of hydrogen-bond donors (Lipinski definition) is 1. The molecular formula is C16H22ClFN2. The maximum Gasteiger partial charge on any atom is 0.124 e. The Bertz CT molecular complexity index is 474. The maximum atomic E-state index is 13.2. The van der Waals surface area contributed by atoms with E-state index in [0.717, 1.165) is 18.7 Å². The third-order valence-electron chi connectivity index (χ3n) is 4.82. The third kappa shape index (κ3) is 2.72. The number of likely N-dealkylation sites (tertiary alicyclic amines) is 1. The van der Waals surface area contributed by atoms with Crippen LogP contribution in [0.2, 0.25) is 5.02 Å². The van der Waals surface area contributed by atoms with Gasteiger partial charge < -0.3 is 5.32 Å². The average molecular weight is 297 g/mol. The minimum absolute atomic E-state index is 0.248. The van der Waals surface area contributed by atoms with Crippen molar-refractivity contribution < 1.29 is 4.39 Å². The molecule has 0 radical (unpaired) electrons. The summed E-state index contributed by atoms with van der Waals surface area (Å²) in [6.07, 6.45) is 5.04. The fourth-order valence-electron chi connectivity index (χ4n) is 3.79. The Morgan fingerprint density at radius 2 is 2.20 bits per heavy atom. The number of nitrogens with one attached hydrogen (secondary N) is 1. The number of benzene rings is 1. The van der Waals surface area contributed by atoms with Gasteiger partial charge in [-0.3, -0.25) is 4.90 Å². The smallest absolute Gasteiger partial charge is 0.124 e. The molecule has 0 saturated carbocycles. The summed E-state index contributed by atoms with van der Waals surface area (Å²) in [5.74, 6) is -0.263. The van der Waals surface area contributed by atoms with Crippen molar-refractivity contribution in [3.05, 3.63) is 34.6 Å². The van der Waals surface area contributed by atoms with E-state index in [-0.39, 0.29) is 11.9 Å². The van der Waals surface area contributed by atoms with E-state index in [4.69, 9.17) is 11.6 Å². The van der Waals surface area contributed by atoms with Crippen LogP contribution in [0.15, 0.2) is 18.2 Å². The Labute approximate surface area is 125 Å². The zero-order chi connectivity index (χ0) is 14.1. The van der Waals surface area contributed by atoms with Gasteiger partial charge in [0.15, 0.2) is 0 Å². The fourth-order valence-corrected chi connectivity index (χ4v) is 4.11. The van der Waals surface area contributed by atoms with Gasteiger partial charge >= 0.3 is 0 Å². The van der Waals surface area contributed by atoms with Gasteiger partial charge in [0.25, 0.3) is 0 Å². The van der Waals surface area contributed by atoms with E-state index in [9.17, 15) is 4.39 Å². The molecule has 2 nitrogen and oxygen atoms in total. The normalized spacial score (nSPS) is 28.9. The molecule has 4 heteroatoms. The van der Waals surface area contributed by atoms with E-state index in [0.29, 0.717) is 17.1 Å². The minimum Gasteiger partial charge on any atom is -0.312 e. The van der Waals surface area contributed by atoms with E-state index in [2.05, 4.69) is 17.1 Å². The van der Waals surface area contributed by atoms with E-state index in [1.54, 1.807) is 0 Å². The molecule has 2 aliphatic rings. The van der Waals surface area contributed by atoms with E-state index in [1.165, 1.54) is 37.8 Å². The summed E-state index contributed by atoms with van der Waals surface area (Å²) >= 11 is 6.23. The molecule has 0 bridgehead atoms. The quantitative estimate of drug-likeness (QED) is 0.914. The third-order valence-corrected chi connectivity index (χ3v) is 5.14. The molecule has 3 unspecified atom stereocenters. The van der Waals surface area contributed by atoms with Gasteiger partial charge in [-0.15, -0.1) is 0 Å². The Kier molecular flexibility index (Phi) is 4.29. The number of rotatable bonds is 3. The zero-order valence-electron chi connectivity index (χ0n) is 11.9. The Morgan fingerprint density at radius 1 is 1.35 bits per heavy atom. The first kappa shape index (κ1) is 14.3. The van der Waals surface area contributed by atoms with Gasteiger partial charge in [0.1, 0.15) is 5.82 Å². The SMILES string of the molecule is CC(c1ccc(F)cc1Cl)N1CCCC1C1CCCN1. The summed E-state index contributed by atoms with van der Waals surface area (Å²) in [4.78, 5) is 2.54. The summed E-state index contributed by atoms with van der Waals surface area (Å²) in [5.41, 5.74) is 1.04. The summed E-state index contributed by atoms with van der Waals surface area (Å²) < 4.78 is 13.2. The predicted molar refractivity (Wildman–Crippen MR) is 80.6 cm³/mol. The predicted octanol–water partition coefficient (Wildman–Crippen LogP) is 3.76. The Balaban J connectivity index is 1.79. The molecule has 2 fully saturated rings.